The molecule has 0 aromatic carbocycles. The Kier molecular flexibility index (Phi) is 4.46. The number of likely N-dealkylation sites (tertiary alicyclic amines) is 1. The zero-order chi connectivity index (χ0) is 16.4. The number of hydrogen-bond acceptors (Lipinski definition) is 3. The topological polar surface area (TPSA) is 36.4 Å². The summed E-state index contributed by atoms with van der Waals surface area (Å²) >= 11 is 0. The van der Waals surface area contributed by atoms with Gasteiger partial charge in [-0.05, 0) is 30.9 Å². The Hall–Kier alpha value is -1.79. The highest BCUT2D eigenvalue weighted by atomic mass is 19.4. The van der Waals surface area contributed by atoms with Crippen molar-refractivity contribution < 1.29 is 18.0 Å². The van der Waals surface area contributed by atoms with Crippen molar-refractivity contribution in [2.24, 2.45) is 5.92 Å². The Balaban J connectivity index is 1.64. The first kappa shape index (κ1) is 16.1. The quantitative estimate of drug-likeness (QED) is 0.856. The zero-order valence-corrected chi connectivity index (χ0v) is 12.8. The number of carbonyl (C=O) groups excluding carboxylic acids is 1. The second kappa shape index (κ2) is 6.37. The molecule has 3 rings (SSSR count). The number of piperidine rings is 1. The van der Waals surface area contributed by atoms with E-state index in [0.717, 1.165) is 25.2 Å². The molecule has 0 saturated carbocycles. The lowest BCUT2D eigenvalue weighted by molar-refractivity contribution is -0.149. The Morgan fingerprint density at radius 2 is 2.04 bits per heavy atom. The summed E-state index contributed by atoms with van der Waals surface area (Å²) in [5.41, 5.74) is 0. The van der Waals surface area contributed by atoms with E-state index in [2.05, 4.69) is 9.88 Å². The van der Waals surface area contributed by atoms with Gasteiger partial charge in [0.25, 0.3) is 0 Å². The van der Waals surface area contributed by atoms with Crippen LogP contribution < -0.4 is 4.90 Å². The van der Waals surface area contributed by atoms with Crippen molar-refractivity contribution in [2.75, 3.05) is 24.5 Å². The van der Waals surface area contributed by atoms with E-state index >= 15 is 0 Å². The third-order valence-corrected chi connectivity index (χ3v) is 4.78. The van der Waals surface area contributed by atoms with Crippen LogP contribution >= 0.6 is 0 Å². The van der Waals surface area contributed by atoms with Gasteiger partial charge in [-0.3, -0.25) is 4.79 Å². The van der Waals surface area contributed by atoms with Gasteiger partial charge in [0.05, 0.1) is 12.5 Å². The van der Waals surface area contributed by atoms with Gasteiger partial charge in [-0.1, -0.05) is 6.07 Å². The number of halogens is 3. The minimum Gasteiger partial charge on any atom is -0.355 e. The average molecular weight is 327 g/mol. The van der Waals surface area contributed by atoms with Gasteiger partial charge in [0.15, 0.2) is 0 Å². The van der Waals surface area contributed by atoms with E-state index in [1.165, 1.54) is 0 Å². The van der Waals surface area contributed by atoms with E-state index in [0.29, 0.717) is 19.0 Å². The summed E-state index contributed by atoms with van der Waals surface area (Å²) in [7, 11) is 0. The van der Waals surface area contributed by atoms with Gasteiger partial charge < -0.3 is 9.80 Å². The van der Waals surface area contributed by atoms with Crippen LogP contribution in [-0.4, -0.2) is 47.6 Å². The normalized spacial score (nSPS) is 24.7. The van der Waals surface area contributed by atoms with Crippen molar-refractivity contribution in [3.8, 4) is 0 Å². The molecule has 2 unspecified atom stereocenters. The average Bonchev–Trinajstić information content (AvgIpc) is 2.96. The number of pyridine rings is 1. The van der Waals surface area contributed by atoms with E-state index in [4.69, 9.17) is 0 Å². The molecule has 0 spiro atoms. The minimum absolute atomic E-state index is 0.00601. The molecule has 3 heterocycles. The van der Waals surface area contributed by atoms with Crippen LogP contribution in [0, 0.1) is 5.92 Å². The molecular formula is C16H20F3N3O. The molecule has 2 fully saturated rings. The fourth-order valence-corrected chi connectivity index (χ4v) is 3.59. The highest BCUT2D eigenvalue weighted by Gasteiger charge is 2.41. The van der Waals surface area contributed by atoms with Crippen molar-refractivity contribution >= 4 is 11.7 Å². The number of rotatable bonds is 3. The molecule has 0 radical (unpaired) electrons. The largest absolute Gasteiger partial charge is 0.389 e. The van der Waals surface area contributed by atoms with E-state index in [1.807, 2.05) is 18.2 Å². The monoisotopic (exact) mass is 327 g/mol. The predicted molar refractivity (Wildman–Crippen MR) is 80.0 cm³/mol. The molecule has 0 aliphatic carbocycles. The minimum atomic E-state index is -4.28. The van der Waals surface area contributed by atoms with Crippen LogP contribution in [0.2, 0.25) is 0 Å². The molecule has 2 aliphatic heterocycles. The first-order chi connectivity index (χ1) is 10.9. The maximum absolute atomic E-state index is 12.3. The number of alkyl halides is 3. The van der Waals surface area contributed by atoms with Gasteiger partial charge >= 0.3 is 6.18 Å². The van der Waals surface area contributed by atoms with Crippen LogP contribution in [0.4, 0.5) is 19.0 Å². The molecule has 126 valence electrons. The van der Waals surface area contributed by atoms with Crippen LogP contribution in [0.1, 0.15) is 25.7 Å². The van der Waals surface area contributed by atoms with Crippen molar-refractivity contribution in [1.29, 1.82) is 0 Å². The first-order valence-electron chi connectivity index (χ1n) is 7.96. The fourth-order valence-electron chi connectivity index (χ4n) is 3.59. The molecule has 2 saturated heterocycles. The summed E-state index contributed by atoms with van der Waals surface area (Å²) in [5.74, 6) is 0.878. The van der Waals surface area contributed by atoms with Crippen LogP contribution in [0.5, 0.6) is 0 Å². The molecule has 23 heavy (non-hydrogen) atoms. The van der Waals surface area contributed by atoms with E-state index in [-0.39, 0.29) is 11.9 Å². The van der Waals surface area contributed by atoms with E-state index < -0.39 is 19.0 Å². The lowest BCUT2D eigenvalue weighted by Gasteiger charge is -2.39. The number of anilines is 1. The number of fused-ring (bicyclic) bond motifs is 1. The molecule has 1 aromatic rings. The Labute approximate surface area is 133 Å². The second-order valence-electron chi connectivity index (χ2n) is 6.24. The summed E-state index contributed by atoms with van der Waals surface area (Å²) in [6.45, 7) is 2.10. The highest BCUT2D eigenvalue weighted by molar-refractivity contribution is 5.77. The van der Waals surface area contributed by atoms with Gasteiger partial charge in [0, 0.05) is 32.3 Å². The van der Waals surface area contributed by atoms with Gasteiger partial charge in [0.1, 0.15) is 5.82 Å². The summed E-state index contributed by atoms with van der Waals surface area (Å²) in [6, 6.07) is 5.69. The zero-order valence-electron chi connectivity index (χ0n) is 12.8. The van der Waals surface area contributed by atoms with Crippen molar-refractivity contribution in [1.82, 2.24) is 9.88 Å². The van der Waals surface area contributed by atoms with Crippen molar-refractivity contribution in [2.45, 2.75) is 37.9 Å². The lowest BCUT2D eigenvalue weighted by atomic mass is 9.92. The predicted octanol–water partition coefficient (Wildman–Crippen LogP) is 2.85. The van der Waals surface area contributed by atoms with E-state index in [1.54, 1.807) is 11.1 Å². The number of aromatic nitrogens is 1. The van der Waals surface area contributed by atoms with Crippen LogP contribution in [0.15, 0.2) is 24.4 Å². The maximum atomic E-state index is 12.3. The Morgan fingerprint density at radius 1 is 1.26 bits per heavy atom. The Morgan fingerprint density at radius 3 is 2.74 bits per heavy atom. The number of nitrogens with zero attached hydrogens (tertiary/aromatic N) is 3. The number of amides is 1. The van der Waals surface area contributed by atoms with Crippen LogP contribution in [0.3, 0.4) is 0 Å². The third-order valence-electron chi connectivity index (χ3n) is 4.78. The maximum Gasteiger partial charge on any atom is 0.389 e. The van der Waals surface area contributed by atoms with Gasteiger partial charge in [-0.2, -0.15) is 13.2 Å². The van der Waals surface area contributed by atoms with Crippen molar-refractivity contribution in [3.63, 3.8) is 0 Å². The van der Waals surface area contributed by atoms with E-state index in [9.17, 15) is 18.0 Å². The lowest BCUT2D eigenvalue weighted by Crippen LogP contribution is -2.50. The van der Waals surface area contributed by atoms with Gasteiger partial charge in [0.2, 0.25) is 5.91 Å². The molecule has 1 amide bonds. The third kappa shape index (κ3) is 3.76. The molecular weight excluding hydrogens is 307 g/mol. The summed E-state index contributed by atoms with van der Waals surface area (Å²) < 4.78 is 37.0. The Bertz CT molecular complexity index is 549. The van der Waals surface area contributed by atoms with Crippen LogP contribution in [0.25, 0.3) is 0 Å². The molecule has 4 nitrogen and oxygen atoms in total. The fraction of sp³-hybridized carbons (Fsp3) is 0.625. The molecule has 7 heteroatoms. The standard InChI is InChI=1S/C16H20F3N3O/c17-16(18,19)7-4-15(23)22-10-6-12-5-9-21(11-13(12)22)14-3-1-2-8-20-14/h1-3,8,12-13H,4-7,9-11H2. The summed E-state index contributed by atoms with van der Waals surface area (Å²) in [4.78, 5) is 20.3. The smallest absolute Gasteiger partial charge is 0.355 e. The van der Waals surface area contributed by atoms with Gasteiger partial charge in [-0.15, -0.1) is 0 Å². The number of hydrogen-bond donors (Lipinski definition) is 0. The molecule has 2 aliphatic rings. The summed E-state index contributed by atoms with van der Waals surface area (Å²) in [6.07, 6.45) is -2.20. The molecule has 2 atom stereocenters. The molecule has 0 bridgehead atoms. The molecule has 1 aromatic heterocycles. The SMILES string of the molecule is O=C(CCC(F)(F)F)N1CCC2CCN(c3ccccn3)CC21. The summed E-state index contributed by atoms with van der Waals surface area (Å²) in [5, 5.41) is 0. The highest BCUT2D eigenvalue weighted by Crippen LogP contribution is 2.34. The second-order valence-corrected chi connectivity index (χ2v) is 6.24. The van der Waals surface area contributed by atoms with Crippen LogP contribution in [-0.2, 0) is 4.79 Å². The van der Waals surface area contributed by atoms with Gasteiger partial charge in [-0.25, -0.2) is 4.98 Å². The molecule has 0 N–H and O–H groups in total. The number of carbonyl (C=O) groups is 1. The first-order valence-corrected chi connectivity index (χ1v) is 7.96. The van der Waals surface area contributed by atoms with Crippen molar-refractivity contribution in [3.05, 3.63) is 24.4 Å².